The normalized spacial score (nSPS) is 16.9. The van der Waals surface area contributed by atoms with Crippen LogP contribution >= 0.6 is 33.3 Å². The molecule has 0 spiro atoms. The van der Waals surface area contributed by atoms with E-state index < -0.39 is 137 Å². The Hall–Kier alpha value is -8.76. The number of nitrogens with one attached hydrogen (secondary N) is 7. The van der Waals surface area contributed by atoms with Crippen LogP contribution in [0, 0.1) is 16.0 Å². The van der Waals surface area contributed by atoms with Gasteiger partial charge in [0.15, 0.2) is 11.0 Å². The number of phenolic OH excluding ortho intramolecular Hbond substituents is 1. The summed E-state index contributed by atoms with van der Waals surface area (Å²) in [4.78, 5) is 174. The number of likely N-dealkylation sites (tertiary alicyclic amines) is 2. The molecule has 17 N–H and O–H groups in total. The number of aliphatic imine (C=N–C) groups is 1. The third kappa shape index (κ3) is 24.0. The van der Waals surface area contributed by atoms with Crippen molar-refractivity contribution < 1.29 is 67.9 Å². The van der Waals surface area contributed by atoms with Crippen molar-refractivity contribution in [1.29, 1.82) is 0 Å². The molecule has 3 aromatic rings. The molecule has 512 valence electrons. The summed E-state index contributed by atoms with van der Waals surface area (Å²) in [7, 11) is 1.97. The molecule has 10 amide bonds. The first-order valence-electron chi connectivity index (χ1n) is 30.4. The topological polar surface area (TPSA) is 491 Å². The van der Waals surface area contributed by atoms with Gasteiger partial charge in [-0.2, -0.15) is 11.8 Å². The highest BCUT2D eigenvalue weighted by Gasteiger charge is 2.42. The SMILES string of the molecule is CSCC[C@H](NC(=O)[C@H](CCCN=C(N)N)NC(=O)[C@@H](N)CSSc1ncccc1[N+](=O)[O-])C(=O)N[C@@H](Cc1ccccc1)C(=O)N1CCC[C@H]1C(=O)N[C@@H](CC(N)=O)C(=O)N[C@@H](C)C(=O)N1CCC[C@H]1C(=O)N[C@@H](Cc1ccc(O)cc1)C(=O)N[C@@H](CC(C)C)C(=O)O. The lowest BCUT2D eigenvalue weighted by Gasteiger charge is -2.31. The summed E-state index contributed by atoms with van der Waals surface area (Å²) >= 11 is 1.36. The van der Waals surface area contributed by atoms with Gasteiger partial charge in [-0.1, -0.05) is 67.1 Å². The van der Waals surface area contributed by atoms with Crippen molar-refractivity contribution in [3.8, 4) is 5.75 Å². The fourth-order valence-electron chi connectivity index (χ4n) is 10.4. The van der Waals surface area contributed by atoms with Crippen molar-refractivity contribution >= 4 is 110 Å². The summed E-state index contributed by atoms with van der Waals surface area (Å²) in [6.45, 7) is 5.03. The molecule has 0 aliphatic carbocycles. The number of aromatic nitrogens is 1. The Morgan fingerprint density at radius 1 is 0.681 bits per heavy atom. The van der Waals surface area contributed by atoms with Crippen LogP contribution in [0.5, 0.6) is 5.75 Å². The standard InChI is InChI=1S/C60H84N16O15S3/c1-33(2)28-44(59(88)89)73-53(83)41(29-36-18-20-37(77)21-19-36)70-54(84)45-16-10-25-74(45)57(86)34(3)67-52(82)42(31-48(62)78)71-55(85)46-17-11-26-75(46)58(87)43(30-35-12-6-5-7-13-35)72-51(81)40(22-27-92-4)69-50(80)39(14-8-24-66-60(63)64)68-49(79)38(61)32-93-94-56-47(76(90)91)15-9-23-65-56/h5-7,9,12-13,15,18-21,23,33-34,38-46,77H,8,10-11,14,16-17,22,24-32,61H2,1-4H3,(H2,62,78)(H,67,82)(H,68,79)(H,69,80)(H,70,84)(H,71,85)(H,72,81)(H,73,83)(H,88,89)(H4,63,64,66)/t34-,38-,39-,40-,41-,42-,43-,44-,45-,46-/m0/s1. The van der Waals surface area contributed by atoms with Crippen LogP contribution in [0.3, 0.4) is 0 Å². The Morgan fingerprint density at radius 2 is 1.22 bits per heavy atom. The van der Waals surface area contributed by atoms with E-state index in [1.165, 1.54) is 71.1 Å². The zero-order valence-electron chi connectivity index (χ0n) is 52.6. The third-order valence-electron chi connectivity index (χ3n) is 15.2. The van der Waals surface area contributed by atoms with E-state index in [-0.39, 0.29) is 105 Å². The molecule has 34 heteroatoms. The van der Waals surface area contributed by atoms with Crippen LogP contribution in [0.15, 0.2) is 82.9 Å². The van der Waals surface area contributed by atoms with Gasteiger partial charge in [0, 0.05) is 50.5 Å². The van der Waals surface area contributed by atoms with Crippen molar-refractivity contribution in [2.24, 2.45) is 33.8 Å². The second-order valence-electron chi connectivity index (χ2n) is 23.0. The number of thioether (sulfide) groups is 1. The number of benzene rings is 2. The highest BCUT2D eigenvalue weighted by Crippen LogP contribution is 2.35. The quantitative estimate of drug-likeness (QED) is 0.00861. The molecular weight excluding hydrogens is 1280 g/mol. The third-order valence-corrected chi connectivity index (χ3v) is 18.1. The van der Waals surface area contributed by atoms with Gasteiger partial charge in [-0.25, -0.2) is 9.78 Å². The molecular formula is C60H84N16O15S3. The molecule has 0 unspecified atom stereocenters. The average Bonchev–Trinajstić information content (AvgIpc) is 1.61. The number of hydrogen-bond acceptors (Lipinski definition) is 20. The largest absolute Gasteiger partial charge is 0.508 e. The van der Waals surface area contributed by atoms with Gasteiger partial charge in [-0.3, -0.25) is 63.1 Å². The summed E-state index contributed by atoms with van der Waals surface area (Å²) in [6, 6.07) is 3.90. The molecule has 31 nitrogen and oxygen atoms in total. The van der Waals surface area contributed by atoms with Crippen LogP contribution in [0.4, 0.5) is 5.69 Å². The van der Waals surface area contributed by atoms with Gasteiger partial charge < -0.3 is 80.2 Å². The zero-order valence-corrected chi connectivity index (χ0v) is 55.0. The fourth-order valence-corrected chi connectivity index (χ4v) is 13.0. The fraction of sp³-hybridized carbons (Fsp3) is 0.517. The number of aliphatic carboxylic acids is 1. The second kappa shape index (κ2) is 37.8. The molecule has 2 aromatic carbocycles. The molecule has 2 aliphatic rings. The Morgan fingerprint density at radius 3 is 1.81 bits per heavy atom. The van der Waals surface area contributed by atoms with E-state index >= 15 is 0 Å². The molecule has 1 aromatic heterocycles. The maximum Gasteiger partial charge on any atom is 0.326 e. The van der Waals surface area contributed by atoms with Crippen LogP contribution in [0.25, 0.3) is 0 Å². The van der Waals surface area contributed by atoms with Crippen molar-refractivity contribution in [3.05, 3.63) is 94.2 Å². The van der Waals surface area contributed by atoms with Gasteiger partial charge in [-0.05, 0) is 116 Å². The maximum atomic E-state index is 14.9. The molecule has 3 heterocycles. The number of carbonyl (C=O) groups excluding carboxylic acids is 10. The number of phenols is 1. The first-order chi connectivity index (χ1) is 44.7. The second-order valence-corrected chi connectivity index (χ2v) is 26.3. The lowest BCUT2D eigenvalue weighted by Crippen LogP contribution is -2.60. The number of nitrogens with two attached hydrogens (primary N) is 4. The molecule has 5 rings (SSSR count). The van der Waals surface area contributed by atoms with Crippen LogP contribution in [-0.4, -0.2) is 199 Å². The number of carbonyl (C=O) groups is 11. The van der Waals surface area contributed by atoms with Crippen LogP contribution < -0.4 is 60.2 Å². The summed E-state index contributed by atoms with van der Waals surface area (Å²) in [5.41, 5.74) is 23.7. The number of aromatic hydroxyl groups is 1. The maximum absolute atomic E-state index is 14.9. The highest BCUT2D eigenvalue weighted by atomic mass is 33.1. The van der Waals surface area contributed by atoms with Crippen molar-refractivity contribution in [2.75, 3.05) is 37.4 Å². The molecule has 10 atom stereocenters. The predicted molar refractivity (Wildman–Crippen MR) is 352 cm³/mol. The monoisotopic (exact) mass is 1360 g/mol. The average molecular weight is 1370 g/mol. The van der Waals surface area contributed by atoms with E-state index in [1.807, 2.05) is 0 Å². The molecule has 2 saturated heterocycles. The number of carboxylic acids is 1. The summed E-state index contributed by atoms with van der Waals surface area (Å²) in [5, 5.41) is 49.7. The van der Waals surface area contributed by atoms with E-state index in [0.29, 0.717) is 29.7 Å². The van der Waals surface area contributed by atoms with Gasteiger partial charge in [0.25, 0.3) is 0 Å². The lowest BCUT2D eigenvalue weighted by molar-refractivity contribution is -0.388. The minimum absolute atomic E-state index is 0.0142. The van der Waals surface area contributed by atoms with E-state index in [0.717, 1.165) is 21.6 Å². The summed E-state index contributed by atoms with van der Waals surface area (Å²) < 4.78 is 0. The van der Waals surface area contributed by atoms with Gasteiger partial charge in [0.1, 0.15) is 60.1 Å². The number of guanidine groups is 1. The molecule has 94 heavy (non-hydrogen) atoms. The Kier molecular flexibility index (Phi) is 30.6. The van der Waals surface area contributed by atoms with Crippen molar-refractivity contribution in [2.45, 2.75) is 157 Å². The molecule has 0 radical (unpaired) electrons. The molecule has 0 saturated carbocycles. The first-order valence-corrected chi connectivity index (χ1v) is 34.1. The number of nitro groups is 1. The van der Waals surface area contributed by atoms with Crippen LogP contribution in [0.2, 0.25) is 0 Å². The zero-order chi connectivity index (χ0) is 69.2. The number of amides is 10. The lowest BCUT2D eigenvalue weighted by atomic mass is 10.0. The molecule has 2 aliphatic heterocycles. The predicted octanol–water partition coefficient (Wildman–Crippen LogP) is -0.543. The van der Waals surface area contributed by atoms with E-state index in [2.05, 4.69) is 47.2 Å². The Balaban J connectivity index is 1.29. The van der Waals surface area contributed by atoms with E-state index in [4.69, 9.17) is 22.9 Å². The molecule has 0 bridgehead atoms. The number of carboxylic acid groups (broad SMARTS) is 1. The molecule has 2 fully saturated rings. The van der Waals surface area contributed by atoms with Crippen molar-refractivity contribution in [3.63, 3.8) is 0 Å². The van der Waals surface area contributed by atoms with Crippen LogP contribution in [0.1, 0.15) is 89.7 Å². The van der Waals surface area contributed by atoms with Gasteiger partial charge in [-0.15, -0.1) is 0 Å². The number of rotatable bonds is 37. The van der Waals surface area contributed by atoms with Gasteiger partial charge in [0.2, 0.25) is 59.1 Å². The smallest absolute Gasteiger partial charge is 0.326 e. The van der Waals surface area contributed by atoms with Crippen LogP contribution in [-0.2, 0) is 65.6 Å². The Bertz CT molecular complexity index is 3190. The first kappa shape index (κ1) is 76.0. The van der Waals surface area contributed by atoms with Gasteiger partial charge in [0.05, 0.1) is 17.4 Å². The highest BCUT2D eigenvalue weighted by molar-refractivity contribution is 8.76. The summed E-state index contributed by atoms with van der Waals surface area (Å²) in [6.07, 6.45) is 3.35. The number of hydrogen-bond donors (Lipinski definition) is 13. The Labute approximate surface area is 555 Å². The number of nitrogens with zero attached hydrogens (tertiary/aromatic N) is 5. The minimum atomic E-state index is -1.68. The van der Waals surface area contributed by atoms with E-state index in [9.17, 15) is 73.1 Å². The summed E-state index contributed by atoms with van der Waals surface area (Å²) in [5.74, 6) is -9.60. The van der Waals surface area contributed by atoms with Crippen molar-refractivity contribution in [1.82, 2.24) is 52.0 Å². The minimum Gasteiger partial charge on any atom is -0.508 e. The number of pyridine rings is 1. The van der Waals surface area contributed by atoms with Gasteiger partial charge >= 0.3 is 11.7 Å². The number of primary amides is 1. The van der Waals surface area contributed by atoms with E-state index in [1.54, 1.807) is 50.4 Å².